The van der Waals surface area contributed by atoms with Gasteiger partial charge in [-0.25, -0.2) is 4.79 Å². The number of halogens is 3. The summed E-state index contributed by atoms with van der Waals surface area (Å²) in [5, 5.41) is 2.86. The predicted octanol–water partition coefficient (Wildman–Crippen LogP) is 2.83. The molecule has 1 aliphatic rings. The summed E-state index contributed by atoms with van der Waals surface area (Å²) in [5.74, 6) is 0.702. The molecule has 0 atom stereocenters. The number of carbonyl (C=O) groups excluding carboxylic acids is 1. The topological polar surface area (TPSA) is 63.3 Å². The molecule has 0 spiro atoms. The smallest absolute Gasteiger partial charge is 0.411 e. The van der Waals surface area contributed by atoms with Gasteiger partial charge in [0.05, 0.1) is 6.61 Å². The van der Waals surface area contributed by atoms with Crippen LogP contribution in [-0.2, 0) is 9.47 Å². The van der Waals surface area contributed by atoms with Crippen LogP contribution in [0.15, 0.2) is 24.3 Å². The lowest BCUT2D eigenvalue weighted by molar-refractivity contribution is -0.174. The van der Waals surface area contributed by atoms with Crippen LogP contribution in [0.3, 0.4) is 0 Å². The zero-order valence-corrected chi connectivity index (χ0v) is 16.5. The maximum atomic E-state index is 12.4. The first-order valence-electron chi connectivity index (χ1n) is 9.52. The van der Waals surface area contributed by atoms with E-state index in [0.29, 0.717) is 63.8 Å². The Morgan fingerprint density at radius 3 is 2.38 bits per heavy atom. The fourth-order valence-electron chi connectivity index (χ4n) is 2.83. The molecule has 1 saturated heterocycles. The maximum Gasteiger partial charge on any atom is 0.411 e. The maximum absolute atomic E-state index is 12.4. The number of methoxy groups -OCH3 is 1. The molecule has 7 nitrogen and oxygen atoms in total. The molecule has 1 aromatic rings. The SMILES string of the molecule is COCCOc1ccc(NC(=O)N2CCN(CCCOCC(F)(F)F)CC2)cc1. The van der Waals surface area contributed by atoms with Crippen molar-refractivity contribution in [3.63, 3.8) is 0 Å². The third kappa shape index (κ3) is 9.33. The van der Waals surface area contributed by atoms with E-state index in [0.717, 1.165) is 0 Å². The highest BCUT2D eigenvalue weighted by atomic mass is 19.4. The first-order valence-corrected chi connectivity index (χ1v) is 9.52. The molecule has 2 amide bonds. The highest BCUT2D eigenvalue weighted by Crippen LogP contribution is 2.17. The Labute approximate surface area is 168 Å². The van der Waals surface area contributed by atoms with Gasteiger partial charge in [-0.3, -0.25) is 4.90 Å². The minimum Gasteiger partial charge on any atom is -0.491 e. The molecule has 1 N–H and O–H groups in total. The van der Waals surface area contributed by atoms with Gasteiger partial charge in [0, 0.05) is 52.1 Å². The first-order chi connectivity index (χ1) is 13.9. The first kappa shape index (κ1) is 23.2. The number of hydrogen-bond acceptors (Lipinski definition) is 5. The highest BCUT2D eigenvalue weighted by molar-refractivity contribution is 5.89. The molecule has 164 valence electrons. The van der Waals surface area contributed by atoms with E-state index in [9.17, 15) is 18.0 Å². The van der Waals surface area contributed by atoms with Gasteiger partial charge in [0.1, 0.15) is 19.0 Å². The molecule has 1 aliphatic heterocycles. The molecule has 0 aromatic heterocycles. The summed E-state index contributed by atoms with van der Waals surface area (Å²) in [6.07, 6.45) is -3.75. The minimum atomic E-state index is -4.28. The monoisotopic (exact) mass is 419 g/mol. The van der Waals surface area contributed by atoms with Gasteiger partial charge in [0.25, 0.3) is 0 Å². The number of piperazine rings is 1. The Hall–Kier alpha value is -2.04. The van der Waals surface area contributed by atoms with Crippen LogP contribution in [0.2, 0.25) is 0 Å². The average molecular weight is 419 g/mol. The Morgan fingerprint density at radius 1 is 1.07 bits per heavy atom. The van der Waals surface area contributed by atoms with Crippen molar-refractivity contribution in [2.75, 3.05) is 71.6 Å². The van der Waals surface area contributed by atoms with E-state index in [1.165, 1.54) is 0 Å². The van der Waals surface area contributed by atoms with Crippen molar-refractivity contribution in [3.05, 3.63) is 24.3 Å². The van der Waals surface area contributed by atoms with Crippen LogP contribution < -0.4 is 10.1 Å². The molecular formula is C19H28F3N3O4. The molecule has 10 heteroatoms. The van der Waals surface area contributed by atoms with Crippen molar-refractivity contribution in [1.29, 1.82) is 0 Å². The van der Waals surface area contributed by atoms with Gasteiger partial charge in [-0.2, -0.15) is 13.2 Å². The lowest BCUT2D eigenvalue weighted by atomic mass is 10.3. The van der Waals surface area contributed by atoms with Crippen LogP contribution in [0.5, 0.6) is 5.75 Å². The van der Waals surface area contributed by atoms with Gasteiger partial charge in [-0.05, 0) is 30.7 Å². The van der Waals surface area contributed by atoms with E-state index in [1.54, 1.807) is 36.3 Å². The van der Waals surface area contributed by atoms with Gasteiger partial charge in [0.15, 0.2) is 0 Å². The second-order valence-corrected chi connectivity index (χ2v) is 6.65. The standard InChI is InChI=1S/C19H28F3N3O4/c1-27-13-14-29-17-5-3-16(4-6-17)23-18(26)25-10-8-24(9-11-25)7-2-12-28-15-19(20,21)22/h3-6H,2,7-15H2,1H3,(H,23,26). The summed E-state index contributed by atoms with van der Waals surface area (Å²) >= 11 is 0. The fraction of sp³-hybridized carbons (Fsp3) is 0.632. The normalized spacial score (nSPS) is 15.4. The third-order valence-electron chi connectivity index (χ3n) is 4.35. The third-order valence-corrected chi connectivity index (χ3v) is 4.35. The second kappa shape index (κ2) is 11.8. The van der Waals surface area contributed by atoms with Crippen LogP contribution in [0.1, 0.15) is 6.42 Å². The van der Waals surface area contributed by atoms with Crippen molar-refractivity contribution >= 4 is 11.7 Å². The van der Waals surface area contributed by atoms with Crippen molar-refractivity contribution in [1.82, 2.24) is 9.80 Å². The Bertz CT molecular complexity index is 606. The van der Waals surface area contributed by atoms with Crippen molar-refractivity contribution < 1.29 is 32.2 Å². The molecule has 0 saturated carbocycles. The molecule has 1 fully saturated rings. The van der Waals surface area contributed by atoms with Crippen LogP contribution in [0, 0.1) is 0 Å². The van der Waals surface area contributed by atoms with E-state index < -0.39 is 12.8 Å². The number of carbonyl (C=O) groups is 1. The van der Waals surface area contributed by atoms with Gasteiger partial charge < -0.3 is 24.4 Å². The lowest BCUT2D eigenvalue weighted by Gasteiger charge is -2.34. The van der Waals surface area contributed by atoms with Gasteiger partial charge in [-0.1, -0.05) is 0 Å². The molecule has 0 aliphatic carbocycles. The van der Waals surface area contributed by atoms with Crippen molar-refractivity contribution in [2.24, 2.45) is 0 Å². The molecule has 1 heterocycles. The largest absolute Gasteiger partial charge is 0.491 e. The summed E-state index contributed by atoms with van der Waals surface area (Å²) in [5.41, 5.74) is 0.679. The van der Waals surface area contributed by atoms with E-state index >= 15 is 0 Å². The summed E-state index contributed by atoms with van der Waals surface area (Å²) in [4.78, 5) is 16.2. The minimum absolute atomic E-state index is 0.0748. The number of amides is 2. The average Bonchev–Trinajstić information content (AvgIpc) is 2.69. The molecule has 0 bridgehead atoms. The number of ether oxygens (including phenoxy) is 3. The molecule has 2 rings (SSSR count). The van der Waals surface area contributed by atoms with E-state index in [2.05, 4.69) is 15.0 Å². The fourth-order valence-corrected chi connectivity index (χ4v) is 2.83. The van der Waals surface area contributed by atoms with Crippen LogP contribution in [0.4, 0.5) is 23.7 Å². The van der Waals surface area contributed by atoms with Crippen LogP contribution in [-0.4, -0.2) is 88.3 Å². The Kier molecular flexibility index (Phi) is 9.49. The van der Waals surface area contributed by atoms with Gasteiger partial charge in [0.2, 0.25) is 0 Å². The molecular weight excluding hydrogens is 391 g/mol. The molecule has 0 radical (unpaired) electrons. The van der Waals surface area contributed by atoms with E-state index in [4.69, 9.17) is 9.47 Å². The second-order valence-electron chi connectivity index (χ2n) is 6.65. The zero-order valence-electron chi connectivity index (χ0n) is 16.5. The van der Waals surface area contributed by atoms with Gasteiger partial charge in [-0.15, -0.1) is 0 Å². The number of anilines is 1. The number of alkyl halides is 3. The summed E-state index contributed by atoms with van der Waals surface area (Å²) in [7, 11) is 1.61. The molecule has 1 aromatic carbocycles. The lowest BCUT2D eigenvalue weighted by Crippen LogP contribution is -2.50. The Morgan fingerprint density at radius 2 is 1.76 bits per heavy atom. The number of hydrogen-bond donors (Lipinski definition) is 1. The zero-order chi connectivity index (χ0) is 21.1. The highest BCUT2D eigenvalue weighted by Gasteiger charge is 2.27. The van der Waals surface area contributed by atoms with Crippen LogP contribution >= 0.6 is 0 Å². The van der Waals surface area contributed by atoms with Gasteiger partial charge >= 0.3 is 12.2 Å². The summed E-state index contributed by atoms with van der Waals surface area (Å²) in [6.45, 7) is 2.97. The van der Waals surface area contributed by atoms with Crippen molar-refractivity contribution in [3.8, 4) is 5.75 Å². The number of nitrogens with one attached hydrogen (secondary N) is 1. The molecule has 29 heavy (non-hydrogen) atoms. The summed E-state index contributed by atoms with van der Waals surface area (Å²) < 4.78 is 51.0. The quantitative estimate of drug-likeness (QED) is 0.591. The number of urea groups is 1. The van der Waals surface area contributed by atoms with Crippen LogP contribution in [0.25, 0.3) is 0 Å². The Balaban J connectivity index is 1.63. The van der Waals surface area contributed by atoms with E-state index in [1.807, 2.05) is 0 Å². The van der Waals surface area contributed by atoms with Crippen molar-refractivity contribution in [2.45, 2.75) is 12.6 Å². The molecule has 0 unspecified atom stereocenters. The summed E-state index contributed by atoms with van der Waals surface area (Å²) in [6, 6.07) is 6.94. The van der Waals surface area contributed by atoms with E-state index in [-0.39, 0.29) is 12.6 Å². The predicted molar refractivity (Wildman–Crippen MR) is 102 cm³/mol. The number of nitrogens with zero attached hydrogens (tertiary/aromatic N) is 2. The number of rotatable bonds is 10. The number of benzene rings is 1.